The molecule has 52 heavy (non-hydrogen) atoms. The maximum Gasteiger partial charge on any atom is 0.344 e. The molecule has 6 N–H and O–H groups in total. The van der Waals surface area contributed by atoms with Crippen molar-refractivity contribution in [3.05, 3.63) is 66.3 Å². The van der Waals surface area contributed by atoms with Gasteiger partial charge in [-0.2, -0.15) is 0 Å². The number of rotatable bonds is 22. The van der Waals surface area contributed by atoms with E-state index in [2.05, 4.69) is 12.2 Å². The van der Waals surface area contributed by atoms with Gasteiger partial charge in [0.1, 0.15) is 6.10 Å². The molecule has 13 heteroatoms. The van der Waals surface area contributed by atoms with E-state index in [1.165, 1.54) is 0 Å². The van der Waals surface area contributed by atoms with Crippen LogP contribution in [0, 0.1) is 11.8 Å². The number of carbonyl (C=O) groups is 4. The van der Waals surface area contributed by atoms with Crippen LogP contribution in [-0.4, -0.2) is 95.9 Å². The van der Waals surface area contributed by atoms with E-state index in [1.54, 1.807) is 6.92 Å². The summed E-state index contributed by atoms with van der Waals surface area (Å²) in [5, 5.41) is 64.6. The van der Waals surface area contributed by atoms with Crippen molar-refractivity contribution >= 4 is 30.0 Å². The number of hydrogen-bond acceptors (Lipinski definition) is 10. The zero-order valence-corrected chi connectivity index (χ0v) is 30.1. The van der Waals surface area contributed by atoms with E-state index in [-0.39, 0.29) is 18.8 Å². The van der Waals surface area contributed by atoms with Crippen molar-refractivity contribution in [1.29, 1.82) is 0 Å². The van der Waals surface area contributed by atoms with Gasteiger partial charge in [-0.3, -0.25) is 4.79 Å². The number of ether oxygens (including phenoxy) is 3. The van der Waals surface area contributed by atoms with E-state index in [9.17, 15) is 49.8 Å². The molecule has 9 atom stereocenters. The standard InChI is InChI=1S/C39H54O13/c1-4-5-6-7-8-9-10-11-12-13-17-23-29(40)50-32-31(42)37(51-33(34(43)44)38(49,35(45)46)39(32,52-37)36(47)48)25-24-27(3)30(41)26(2)19-18-22-28-20-15-14-16-21-28/h4-5,10-11,14-16,18,20-22,26-27,30-33,41-42,49H,6-9,12-13,17,19,23-25H2,1-3H3,(H,43,44)(H,45,46)(H,47,48)/b5-4+,11-10-,22-18+. The lowest BCUT2D eigenvalue weighted by atomic mass is 9.74. The number of benzene rings is 1. The van der Waals surface area contributed by atoms with Crippen LogP contribution in [0.25, 0.3) is 6.08 Å². The van der Waals surface area contributed by atoms with Gasteiger partial charge < -0.3 is 44.8 Å². The molecule has 1 aromatic rings. The SMILES string of the molecule is C/C=C/CCCC/C=C\CCCCC(=O)OC1C(O)C2(CCC(C)C(O)C(C)C/C=C/c3ccccc3)OC(C(=O)O)C(O)(C(=O)O)C1(C(=O)O)O2. The summed E-state index contributed by atoms with van der Waals surface area (Å²) in [6.07, 6.45) is 9.20. The summed E-state index contributed by atoms with van der Waals surface area (Å²) in [6.45, 7) is 5.50. The van der Waals surface area contributed by atoms with Crippen LogP contribution in [-0.2, 0) is 33.4 Å². The van der Waals surface area contributed by atoms with Crippen molar-refractivity contribution in [3.8, 4) is 0 Å². The Bertz CT molecular complexity index is 1440. The number of allylic oxidation sites excluding steroid dienone is 5. The average Bonchev–Trinajstić information content (AvgIpc) is 3.32. The minimum Gasteiger partial charge on any atom is -0.479 e. The molecule has 1 aromatic carbocycles. The Morgan fingerprint density at radius 3 is 2.08 bits per heavy atom. The number of carbonyl (C=O) groups excluding carboxylic acids is 1. The third-order valence-electron chi connectivity index (χ3n) is 9.99. The largest absolute Gasteiger partial charge is 0.479 e. The number of aliphatic hydroxyl groups excluding tert-OH is 2. The second-order valence-corrected chi connectivity index (χ2v) is 13.8. The Balaban J connectivity index is 1.75. The van der Waals surface area contributed by atoms with Crippen molar-refractivity contribution in [2.24, 2.45) is 11.8 Å². The predicted octanol–water partition coefficient (Wildman–Crippen LogP) is 4.88. The van der Waals surface area contributed by atoms with Crippen LogP contribution in [0.4, 0.5) is 0 Å². The fraction of sp³-hybridized carbons (Fsp3) is 0.590. The van der Waals surface area contributed by atoms with Gasteiger partial charge in [-0.1, -0.05) is 80.6 Å². The van der Waals surface area contributed by atoms with Gasteiger partial charge in [0.25, 0.3) is 0 Å². The maximum absolute atomic E-state index is 13.0. The number of unbranched alkanes of at least 4 members (excludes halogenated alkanes) is 5. The molecule has 2 aliphatic heterocycles. The first-order chi connectivity index (χ1) is 24.7. The van der Waals surface area contributed by atoms with Crippen LogP contribution in [0.2, 0.25) is 0 Å². The van der Waals surface area contributed by atoms with Gasteiger partial charge in [0.15, 0.2) is 6.10 Å². The zero-order valence-electron chi connectivity index (χ0n) is 30.1. The molecular weight excluding hydrogens is 676 g/mol. The van der Waals surface area contributed by atoms with Crippen molar-refractivity contribution in [2.45, 2.75) is 133 Å². The van der Waals surface area contributed by atoms with Gasteiger partial charge in [-0.15, -0.1) is 0 Å². The Morgan fingerprint density at radius 1 is 0.885 bits per heavy atom. The van der Waals surface area contributed by atoms with Crippen molar-refractivity contribution < 1.29 is 64.0 Å². The number of hydrogen-bond donors (Lipinski definition) is 6. The van der Waals surface area contributed by atoms with Crippen LogP contribution in [0.3, 0.4) is 0 Å². The van der Waals surface area contributed by atoms with Gasteiger partial charge in [0, 0.05) is 12.8 Å². The van der Waals surface area contributed by atoms with Crippen molar-refractivity contribution in [1.82, 2.24) is 0 Å². The molecule has 2 bridgehead atoms. The summed E-state index contributed by atoms with van der Waals surface area (Å²) >= 11 is 0. The van der Waals surface area contributed by atoms with Crippen LogP contribution in [0.15, 0.2) is 60.7 Å². The third kappa shape index (κ3) is 9.56. The highest BCUT2D eigenvalue weighted by Crippen LogP contribution is 2.56. The number of aliphatic carboxylic acids is 3. The molecule has 0 amide bonds. The van der Waals surface area contributed by atoms with Gasteiger partial charge in [0.2, 0.25) is 23.1 Å². The van der Waals surface area contributed by atoms with E-state index in [4.69, 9.17) is 14.2 Å². The summed E-state index contributed by atoms with van der Waals surface area (Å²) in [4.78, 5) is 50.9. The second-order valence-electron chi connectivity index (χ2n) is 13.8. The van der Waals surface area contributed by atoms with E-state index < -0.39 is 77.6 Å². The Hall–Kier alpha value is -3.88. The maximum atomic E-state index is 13.0. The molecule has 0 spiro atoms. The molecule has 288 valence electrons. The van der Waals surface area contributed by atoms with Gasteiger partial charge in [-0.25, -0.2) is 14.4 Å². The summed E-state index contributed by atoms with van der Waals surface area (Å²) < 4.78 is 16.6. The zero-order chi connectivity index (χ0) is 38.5. The molecule has 13 nitrogen and oxygen atoms in total. The molecule has 0 radical (unpaired) electrons. The molecular formula is C39H54O13. The number of carboxylic acid groups (broad SMARTS) is 3. The van der Waals surface area contributed by atoms with Gasteiger partial charge >= 0.3 is 23.9 Å². The first-order valence-electron chi connectivity index (χ1n) is 18.0. The third-order valence-corrected chi connectivity index (χ3v) is 9.99. The molecule has 9 unspecified atom stereocenters. The normalized spacial score (nSPS) is 29.0. The smallest absolute Gasteiger partial charge is 0.344 e. The molecule has 2 fully saturated rings. The average molecular weight is 731 g/mol. The molecule has 0 saturated carbocycles. The second kappa shape index (κ2) is 19.3. The Labute approximate surface area is 304 Å². The van der Waals surface area contributed by atoms with Crippen molar-refractivity contribution in [3.63, 3.8) is 0 Å². The fourth-order valence-electron chi connectivity index (χ4n) is 6.89. The summed E-state index contributed by atoms with van der Waals surface area (Å²) in [6, 6.07) is 9.57. The monoisotopic (exact) mass is 730 g/mol. The highest BCUT2D eigenvalue weighted by atomic mass is 16.8. The van der Waals surface area contributed by atoms with Crippen LogP contribution >= 0.6 is 0 Å². The Kier molecular flexibility index (Phi) is 15.8. The molecule has 2 saturated heterocycles. The summed E-state index contributed by atoms with van der Waals surface area (Å²) in [5.41, 5.74) is -6.32. The van der Waals surface area contributed by atoms with E-state index in [0.29, 0.717) is 25.7 Å². The molecule has 2 aliphatic rings. The van der Waals surface area contributed by atoms with Crippen molar-refractivity contribution in [2.75, 3.05) is 0 Å². The minimum atomic E-state index is -3.83. The lowest BCUT2D eigenvalue weighted by Crippen LogP contribution is -2.78. The summed E-state index contributed by atoms with van der Waals surface area (Å²) in [5.74, 6) is -10.9. The van der Waals surface area contributed by atoms with E-state index in [0.717, 1.165) is 31.2 Å². The van der Waals surface area contributed by atoms with Gasteiger partial charge in [-0.05, 0) is 82.1 Å². The number of fused-ring (bicyclic) bond motifs is 2. The number of carboxylic acids is 3. The molecule has 3 rings (SSSR count). The Morgan fingerprint density at radius 2 is 1.50 bits per heavy atom. The molecule has 2 heterocycles. The van der Waals surface area contributed by atoms with Crippen LogP contribution < -0.4 is 0 Å². The lowest BCUT2D eigenvalue weighted by molar-refractivity contribution is -0.374. The van der Waals surface area contributed by atoms with Gasteiger partial charge in [0.05, 0.1) is 6.10 Å². The number of aliphatic hydroxyl groups is 3. The fourth-order valence-corrected chi connectivity index (χ4v) is 6.89. The van der Waals surface area contributed by atoms with E-state index in [1.807, 2.05) is 68.5 Å². The number of esters is 1. The van der Waals surface area contributed by atoms with Crippen LogP contribution in [0.1, 0.15) is 97.0 Å². The first-order valence-corrected chi connectivity index (χ1v) is 18.0. The topological polar surface area (TPSA) is 217 Å². The summed E-state index contributed by atoms with van der Waals surface area (Å²) in [7, 11) is 0. The lowest BCUT2D eigenvalue weighted by Gasteiger charge is -2.48. The highest BCUT2D eigenvalue weighted by molar-refractivity contribution is 5.98. The van der Waals surface area contributed by atoms with E-state index >= 15 is 0 Å². The first kappa shape index (κ1) is 42.5. The quantitative estimate of drug-likeness (QED) is 0.0533. The minimum absolute atomic E-state index is 0.0253. The molecule has 0 aliphatic carbocycles. The van der Waals surface area contributed by atoms with Crippen LogP contribution in [0.5, 0.6) is 0 Å². The highest BCUT2D eigenvalue weighted by Gasteiger charge is 2.85. The predicted molar refractivity (Wildman–Crippen MR) is 190 cm³/mol. The molecule has 0 aromatic heterocycles.